The average Bonchev–Trinajstić information content (AvgIpc) is 2.62. The molecule has 0 saturated carbocycles. The van der Waals surface area contributed by atoms with Gasteiger partial charge in [-0.1, -0.05) is 13.8 Å². The summed E-state index contributed by atoms with van der Waals surface area (Å²) in [6.07, 6.45) is 1.47. The number of nitrogens with zero attached hydrogens (tertiary/aromatic N) is 2. The predicted octanol–water partition coefficient (Wildman–Crippen LogP) is 2.65. The van der Waals surface area contributed by atoms with Crippen LogP contribution in [0, 0.1) is 5.92 Å². The second-order valence-electron chi connectivity index (χ2n) is 7.42. The quantitative estimate of drug-likeness (QED) is 0.833. The minimum absolute atomic E-state index is 0.0183. The van der Waals surface area contributed by atoms with Crippen LogP contribution in [0.1, 0.15) is 50.4 Å². The number of fused-ring (bicyclic) bond motifs is 4. The van der Waals surface area contributed by atoms with Crippen molar-refractivity contribution in [3.05, 3.63) is 23.8 Å². The lowest BCUT2D eigenvalue weighted by atomic mass is 10.0. The van der Waals surface area contributed by atoms with Crippen molar-refractivity contribution >= 4 is 23.3 Å². The Bertz CT molecular complexity index is 729. The maximum Gasteiger partial charge on any atom is 0.249 e. The van der Waals surface area contributed by atoms with Crippen molar-refractivity contribution in [2.24, 2.45) is 5.92 Å². The van der Waals surface area contributed by atoms with E-state index in [0.29, 0.717) is 61.9 Å². The first kappa shape index (κ1) is 18.4. The Kier molecular flexibility index (Phi) is 5.30. The van der Waals surface area contributed by atoms with Crippen LogP contribution in [0.15, 0.2) is 18.2 Å². The number of rotatable bonds is 3. The van der Waals surface area contributed by atoms with Crippen molar-refractivity contribution in [3.8, 4) is 5.75 Å². The third-order valence-electron chi connectivity index (χ3n) is 4.92. The fourth-order valence-electron chi connectivity index (χ4n) is 3.60. The predicted molar refractivity (Wildman–Crippen MR) is 98.5 cm³/mol. The third kappa shape index (κ3) is 3.59. The highest BCUT2D eigenvalue weighted by Crippen LogP contribution is 2.32. The molecular weight excluding hydrogens is 332 g/mol. The summed E-state index contributed by atoms with van der Waals surface area (Å²) in [6, 6.07) is 4.89. The first-order valence-electron chi connectivity index (χ1n) is 9.27. The SMILES string of the molecule is CC(=O)N1CCN2C(=O)C1CCCC(=O)c1cc(OCC(C)C)ccc12. The van der Waals surface area contributed by atoms with E-state index in [0.717, 1.165) is 0 Å². The van der Waals surface area contributed by atoms with E-state index >= 15 is 0 Å². The topological polar surface area (TPSA) is 66.9 Å². The van der Waals surface area contributed by atoms with Gasteiger partial charge < -0.3 is 14.5 Å². The van der Waals surface area contributed by atoms with E-state index in [-0.39, 0.29) is 17.6 Å². The Labute approximate surface area is 154 Å². The fraction of sp³-hybridized carbons (Fsp3) is 0.550. The van der Waals surface area contributed by atoms with Crippen molar-refractivity contribution in [2.75, 3.05) is 24.6 Å². The smallest absolute Gasteiger partial charge is 0.249 e. The van der Waals surface area contributed by atoms with Gasteiger partial charge in [0.25, 0.3) is 0 Å². The zero-order chi connectivity index (χ0) is 18.8. The van der Waals surface area contributed by atoms with Gasteiger partial charge >= 0.3 is 0 Å². The number of Topliss-reactive ketones (excluding diaryl/α,β-unsaturated/α-hetero) is 1. The van der Waals surface area contributed by atoms with Crippen molar-refractivity contribution in [1.29, 1.82) is 0 Å². The first-order chi connectivity index (χ1) is 12.4. The van der Waals surface area contributed by atoms with E-state index < -0.39 is 6.04 Å². The van der Waals surface area contributed by atoms with Gasteiger partial charge in [-0.05, 0) is 37.0 Å². The number of carbonyl (C=O) groups is 3. The summed E-state index contributed by atoms with van der Waals surface area (Å²) in [7, 11) is 0. The van der Waals surface area contributed by atoms with Crippen LogP contribution in [0.25, 0.3) is 0 Å². The number of hydrogen-bond donors (Lipinski definition) is 0. The summed E-state index contributed by atoms with van der Waals surface area (Å²) in [5.74, 6) is 0.864. The van der Waals surface area contributed by atoms with Crippen molar-refractivity contribution < 1.29 is 19.1 Å². The molecule has 140 valence electrons. The molecule has 0 radical (unpaired) electrons. The van der Waals surface area contributed by atoms with Crippen molar-refractivity contribution in [3.63, 3.8) is 0 Å². The Morgan fingerprint density at radius 1 is 1.27 bits per heavy atom. The van der Waals surface area contributed by atoms with E-state index in [1.165, 1.54) is 6.92 Å². The third-order valence-corrected chi connectivity index (χ3v) is 4.92. The second kappa shape index (κ2) is 7.48. The van der Waals surface area contributed by atoms with E-state index in [1.54, 1.807) is 21.9 Å². The summed E-state index contributed by atoms with van der Waals surface area (Å²) < 4.78 is 5.76. The Hall–Kier alpha value is -2.37. The molecule has 0 N–H and O–H groups in total. The molecular formula is C20H26N2O4. The fourth-order valence-corrected chi connectivity index (χ4v) is 3.60. The van der Waals surface area contributed by atoms with Gasteiger partial charge in [0, 0.05) is 32.0 Å². The monoisotopic (exact) mass is 358 g/mol. The van der Waals surface area contributed by atoms with E-state index in [9.17, 15) is 14.4 Å². The molecule has 2 aliphatic rings. The highest BCUT2D eigenvalue weighted by Gasteiger charge is 2.38. The Morgan fingerprint density at radius 2 is 2.04 bits per heavy atom. The maximum atomic E-state index is 13.0. The zero-order valence-electron chi connectivity index (χ0n) is 15.7. The summed E-state index contributed by atoms with van der Waals surface area (Å²) in [4.78, 5) is 40.9. The average molecular weight is 358 g/mol. The van der Waals surface area contributed by atoms with Crippen LogP contribution >= 0.6 is 0 Å². The molecule has 1 fully saturated rings. The van der Waals surface area contributed by atoms with Gasteiger partial charge in [0.1, 0.15) is 11.8 Å². The molecule has 1 aromatic rings. The number of benzene rings is 1. The van der Waals surface area contributed by atoms with Crippen LogP contribution in [0.3, 0.4) is 0 Å². The molecule has 1 saturated heterocycles. The van der Waals surface area contributed by atoms with Crippen LogP contribution in [0.2, 0.25) is 0 Å². The Morgan fingerprint density at radius 3 is 2.73 bits per heavy atom. The largest absolute Gasteiger partial charge is 0.493 e. The van der Waals surface area contributed by atoms with Gasteiger partial charge in [-0.15, -0.1) is 0 Å². The summed E-state index contributed by atoms with van der Waals surface area (Å²) in [6.45, 7) is 7.09. The van der Waals surface area contributed by atoms with Gasteiger partial charge in [-0.25, -0.2) is 0 Å². The normalized spacial score (nSPS) is 20.4. The summed E-state index contributed by atoms with van der Waals surface area (Å²) >= 11 is 0. The second-order valence-corrected chi connectivity index (χ2v) is 7.42. The van der Waals surface area contributed by atoms with Gasteiger partial charge in [0.15, 0.2) is 5.78 Å². The molecule has 2 bridgehead atoms. The zero-order valence-corrected chi connectivity index (χ0v) is 15.7. The molecule has 2 heterocycles. The highest BCUT2D eigenvalue weighted by atomic mass is 16.5. The lowest BCUT2D eigenvalue weighted by molar-refractivity contribution is -0.140. The summed E-state index contributed by atoms with van der Waals surface area (Å²) in [5, 5.41) is 0. The number of piperazine rings is 1. The van der Waals surface area contributed by atoms with Crippen LogP contribution in [-0.4, -0.2) is 48.2 Å². The van der Waals surface area contributed by atoms with Crippen molar-refractivity contribution in [1.82, 2.24) is 4.90 Å². The molecule has 1 unspecified atom stereocenters. The molecule has 2 amide bonds. The molecule has 6 nitrogen and oxygen atoms in total. The number of ketones is 1. The van der Waals surface area contributed by atoms with E-state index in [2.05, 4.69) is 13.8 Å². The Balaban J connectivity index is 1.96. The first-order valence-corrected chi connectivity index (χ1v) is 9.27. The van der Waals surface area contributed by atoms with E-state index in [4.69, 9.17) is 4.74 Å². The lowest BCUT2D eigenvalue weighted by Crippen LogP contribution is -2.58. The van der Waals surface area contributed by atoms with Gasteiger partial charge in [-0.2, -0.15) is 0 Å². The standard InChI is InChI=1S/C20H26N2O4/c1-13(2)12-26-15-7-8-17-16(11-15)19(24)6-4-5-18-20(25)22(17)10-9-21(18)14(3)23/h7-8,11,13,18H,4-6,9-10,12H2,1-3H3. The highest BCUT2D eigenvalue weighted by molar-refractivity contribution is 6.08. The molecule has 6 heteroatoms. The number of ether oxygens (including phenoxy) is 1. The minimum Gasteiger partial charge on any atom is -0.493 e. The number of amides is 2. The number of carbonyl (C=O) groups excluding carboxylic acids is 3. The molecule has 3 rings (SSSR count). The minimum atomic E-state index is -0.475. The molecule has 1 aromatic carbocycles. The molecule has 0 spiro atoms. The molecule has 0 aromatic heterocycles. The lowest BCUT2D eigenvalue weighted by Gasteiger charge is -2.40. The van der Waals surface area contributed by atoms with Crippen LogP contribution in [0.5, 0.6) is 5.75 Å². The summed E-state index contributed by atoms with van der Waals surface area (Å²) in [5.41, 5.74) is 1.17. The number of anilines is 1. The maximum absolute atomic E-state index is 13.0. The van der Waals surface area contributed by atoms with E-state index in [1.807, 2.05) is 6.07 Å². The molecule has 0 aliphatic carbocycles. The van der Waals surface area contributed by atoms with Gasteiger partial charge in [-0.3, -0.25) is 14.4 Å². The van der Waals surface area contributed by atoms with Crippen LogP contribution < -0.4 is 9.64 Å². The van der Waals surface area contributed by atoms with Crippen LogP contribution in [0.4, 0.5) is 5.69 Å². The molecule has 2 aliphatic heterocycles. The number of hydrogen-bond acceptors (Lipinski definition) is 4. The molecule has 1 atom stereocenters. The molecule has 26 heavy (non-hydrogen) atoms. The van der Waals surface area contributed by atoms with Gasteiger partial charge in [0.05, 0.1) is 12.3 Å². The van der Waals surface area contributed by atoms with Gasteiger partial charge in [0.2, 0.25) is 11.8 Å². The van der Waals surface area contributed by atoms with Crippen molar-refractivity contribution in [2.45, 2.75) is 46.1 Å². The van der Waals surface area contributed by atoms with Crippen LogP contribution in [-0.2, 0) is 9.59 Å².